The second kappa shape index (κ2) is 6.84. The van der Waals surface area contributed by atoms with Gasteiger partial charge in [0.1, 0.15) is 0 Å². The topological polar surface area (TPSA) is 85.2 Å². The first-order valence-electron chi connectivity index (χ1n) is 7.59. The van der Waals surface area contributed by atoms with E-state index in [0.717, 1.165) is 5.69 Å². The van der Waals surface area contributed by atoms with Crippen molar-refractivity contribution in [3.05, 3.63) is 59.7 Å². The number of nitrogens with one attached hydrogen (secondary N) is 2. The molecule has 0 aromatic heterocycles. The van der Waals surface area contributed by atoms with E-state index in [1.807, 2.05) is 35.2 Å². The number of carbonyl (C=O) groups excluding carboxylic acids is 2. The first kappa shape index (κ1) is 15.6. The van der Waals surface area contributed by atoms with Crippen LogP contribution in [0, 0.1) is 11.3 Å². The van der Waals surface area contributed by atoms with Crippen molar-refractivity contribution in [3.63, 3.8) is 0 Å². The van der Waals surface area contributed by atoms with Crippen LogP contribution in [-0.4, -0.2) is 31.4 Å². The number of hydrogen-bond acceptors (Lipinski definition) is 4. The molecule has 6 heteroatoms. The molecule has 1 aliphatic heterocycles. The number of hydrogen-bond donors (Lipinski definition) is 2. The first-order chi connectivity index (χ1) is 11.7. The van der Waals surface area contributed by atoms with Crippen molar-refractivity contribution in [2.75, 3.05) is 29.9 Å². The van der Waals surface area contributed by atoms with Gasteiger partial charge >= 0.3 is 0 Å². The average Bonchev–Trinajstić information content (AvgIpc) is 2.62. The molecule has 2 aromatic rings. The second-order valence-corrected chi connectivity index (χ2v) is 5.43. The molecule has 0 saturated carbocycles. The molecular weight excluding hydrogens is 304 g/mol. The summed E-state index contributed by atoms with van der Waals surface area (Å²) < 4.78 is 0. The van der Waals surface area contributed by atoms with Crippen molar-refractivity contribution >= 4 is 23.2 Å². The predicted molar refractivity (Wildman–Crippen MR) is 90.8 cm³/mol. The van der Waals surface area contributed by atoms with Gasteiger partial charge in [-0.15, -0.1) is 0 Å². The Bertz CT molecular complexity index is 809. The zero-order valence-corrected chi connectivity index (χ0v) is 13.0. The Hall–Kier alpha value is -3.33. The van der Waals surface area contributed by atoms with Crippen molar-refractivity contribution in [1.82, 2.24) is 5.32 Å². The SMILES string of the molecule is N#Cc1ccc(C(=O)Nc2ccccc2N2CCNC(=O)C2)cc1. The lowest BCUT2D eigenvalue weighted by atomic mass is 10.1. The van der Waals surface area contributed by atoms with Gasteiger partial charge in [0, 0.05) is 18.7 Å². The third-order valence-corrected chi connectivity index (χ3v) is 3.81. The molecule has 0 radical (unpaired) electrons. The van der Waals surface area contributed by atoms with E-state index in [9.17, 15) is 9.59 Å². The summed E-state index contributed by atoms with van der Waals surface area (Å²) in [4.78, 5) is 26.0. The lowest BCUT2D eigenvalue weighted by Gasteiger charge is -2.30. The Morgan fingerprint density at radius 2 is 1.92 bits per heavy atom. The molecule has 2 amide bonds. The summed E-state index contributed by atoms with van der Waals surface area (Å²) in [6.07, 6.45) is 0. The normalized spacial score (nSPS) is 13.8. The summed E-state index contributed by atoms with van der Waals surface area (Å²) >= 11 is 0. The number of para-hydroxylation sites is 2. The maximum absolute atomic E-state index is 12.4. The molecule has 6 nitrogen and oxygen atoms in total. The van der Waals surface area contributed by atoms with Crippen molar-refractivity contribution < 1.29 is 9.59 Å². The Morgan fingerprint density at radius 3 is 2.62 bits per heavy atom. The highest BCUT2D eigenvalue weighted by Crippen LogP contribution is 2.26. The van der Waals surface area contributed by atoms with Crippen LogP contribution >= 0.6 is 0 Å². The molecule has 1 fully saturated rings. The van der Waals surface area contributed by atoms with E-state index in [1.54, 1.807) is 24.3 Å². The smallest absolute Gasteiger partial charge is 0.255 e. The highest BCUT2D eigenvalue weighted by Gasteiger charge is 2.19. The molecule has 24 heavy (non-hydrogen) atoms. The standard InChI is InChI=1S/C18H16N4O2/c19-11-13-5-7-14(8-6-13)18(24)21-15-3-1-2-4-16(15)22-10-9-20-17(23)12-22/h1-8H,9-10,12H2,(H,20,23)(H,21,24). The lowest BCUT2D eigenvalue weighted by molar-refractivity contribution is -0.120. The zero-order chi connectivity index (χ0) is 16.9. The van der Waals surface area contributed by atoms with Crippen molar-refractivity contribution in [2.24, 2.45) is 0 Å². The van der Waals surface area contributed by atoms with Gasteiger partial charge in [-0.3, -0.25) is 9.59 Å². The van der Waals surface area contributed by atoms with E-state index in [-0.39, 0.29) is 18.4 Å². The molecular formula is C18H16N4O2. The number of nitriles is 1. The van der Waals surface area contributed by atoms with Crippen molar-refractivity contribution in [1.29, 1.82) is 5.26 Å². The summed E-state index contributed by atoms with van der Waals surface area (Å²) in [6.45, 7) is 1.54. The summed E-state index contributed by atoms with van der Waals surface area (Å²) in [5, 5.41) is 14.5. The number of piperazine rings is 1. The molecule has 0 spiro atoms. The number of rotatable bonds is 3. The minimum absolute atomic E-state index is 0.0329. The first-order valence-corrected chi connectivity index (χ1v) is 7.59. The molecule has 0 bridgehead atoms. The largest absolute Gasteiger partial charge is 0.359 e. The fourth-order valence-electron chi connectivity index (χ4n) is 2.59. The molecule has 120 valence electrons. The Kier molecular flexibility index (Phi) is 4.43. The third-order valence-electron chi connectivity index (χ3n) is 3.81. The van der Waals surface area contributed by atoms with Crippen LogP contribution in [0.2, 0.25) is 0 Å². The minimum atomic E-state index is -0.256. The second-order valence-electron chi connectivity index (χ2n) is 5.43. The van der Waals surface area contributed by atoms with Gasteiger partial charge in [-0.05, 0) is 36.4 Å². The van der Waals surface area contributed by atoms with Crippen LogP contribution in [0.15, 0.2) is 48.5 Å². The Labute approximate surface area is 139 Å². The van der Waals surface area contributed by atoms with Gasteiger partial charge in [-0.2, -0.15) is 5.26 Å². The van der Waals surface area contributed by atoms with Crippen LogP contribution in [0.4, 0.5) is 11.4 Å². The average molecular weight is 320 g/mol. The van der Waals surface area contributed by atoms with E-state index in [1.165, 1.54) is 0 Å². The molecule has 0 aliphatic carbocycles. The van der Waals surface area contributed by atoms with Crippen molar-refractivity contribution in [2.45, 2.75) is 0 Å². The molecule has 1 heterocycles. The van der Waals surface area contributed by atoms with Gasteiger partial charge in [0.15, 0.2) is 0 Å². The highest BCUT2D eigenvalue weighted by atomic mass is 16.2. The van der Waals surface area contributed by atoms with Crippen molar-refractivity contribution in [3.8, 4) is 6.07 Å². The van der Waals surface area contributed by atoms with Crippen LogP contribution in [-0.2, 0) is 4.79 Å². The Balaban J connectivity index is 1.80. The summed E-state index contributed by atoms with van der Waals surface area (Å²) in [5.74, 6) is -0.289. The van der Waals surface area contributed by atoms with E-state index >= 15 is 0 Å². The van der Waals surface area contributed by atoms with Crippen LogP contribution in [0.3, 0.4) is 0 Å². The Morgan fingerprint density at radius 1 is 1.17 bits per heavy atom. The number of nitrogens with zero attached hydrogens (tertiary/aromatic N) is 2. The van der Waals surface area contributed by atoms with Gasteiger partial charge in [-0.25, -0.2) is 0 Å². The minimum Gasteiger partial charge on any atom is -0.359 e. The number of amides is 2. The molecule has 2 N–H and O–H groups in total. The molecule has 1 saturated heterocycles. The molecule has 0 unspecified atom stereocenters. The van der Waals surface area contributed by atoms with Gasteiger partial charge in [0.25, 0.3) is 5.91 Å². The van der Waals surface area contributed by atoms with E-state index < -0.39 is 0 Å². The fourth-order valence-corrected chi connectivity index (χ4v) is 2.59. The van der Waals surface area contributed by atoms with Gasteiger partial charge in [-0.1, -0.05) is 12.1 Å². The molecule has 0 atom stereocenters. The monoisotopic (exact) mass is 320 g/mol. The van der Waals surface area contributed by atoms with E-state index in [2.05, 4.69) is 10.6 Å². The molecule has 2 aromatic carbocycles. The quantitative estimate of drug-likeness (QED) is 0.902. The number of carbonyl (C=O) groups is 2. The fraction of sp³-hybridized carbons (Fsp3) is 0.167. The predicted octanol–water partition coefficient (Wildman–Crippen LogP) is 1.75. The van der Waals surface area contributed by atoms with Gasteiger partial charge < -0.3 is 15.5 Å². The maximum Gasteiger partial charge on any atom is 0.255 e. The molecule has 1 aliphatic rings. The van der Waals surface area contributed by atoms with Gasteiger partial charge in [0.05, 0.1) is 29.6 Å². The third kappa shape index (κ3) is 3.36. The van der Waals surface area contributed by atoms with Crippen LogP contribution in [0.5, 0.6) is 0 Å². The number of anilines is 2. The van der Waals surface area contributed by atoms with E-state index in [4.69, 9.17) is 5.26 Å². The van der Waals surface area contributed by atoms with Crippen LogP contribution in [0.25, 0.3) is 0 Å². The number of benzene rings is 2. The summed E-state index contributed by atoms with van der Waals surface area (Å²) in [6, 6.07) is 15.9. The van der Waals surface area contributed by atoms with Crippen LogP contribution in [0.1, 0.15) is 15.9 Å². The van der Waals surface area contributed by atoms with Gasteiger partial charge in [0.2, 0.25) is 5.91 Å². The highest BCUT2D eigenvalue weighted by molar-refractivity contribution is 6.06. The summed E-state index contributed by atoms with van der Waals surface area (Å²) in [5.41, 5.74) is 2.45. The van der Waals surface area contributed by atoms with E-state index in [0.29, 0.717) is 29.9 Å². The van der Waals surface area contributed by atoms with Crippen LogP contribution < -0.4 is 15.5 Å². The molecule has 3 rings (SSSR count). The zero-order valence-electron chi connectivity index (χ0n) is 13.0. The maximum atomic E-state index is 12.4. The summed E-state index contributed by atoms with van der Waals surface area (Å²) in [7, 11) is 0. The lowest BCUT2D eigenvalue weighted by Crippen LogP contribution is -2.47.